The van der Waals surface area contributed by atoms with Gasteiger partial charge >= 0.3 is 0 Å². The molecule has 21 heavy (non-hydrogen) atoms. The molecule has 0 fully saturated rings. The Morgan fingerprint density at radius 1 is 1.05 bits per heavy atom. The first-order chi connectivity index (χ1) is 9.74. The quantitative estimate of drug-likeness (QED) is 0.902. The number of rotatable bonds is 3. The third-order valence-corrected chi connectivity index (χ3v) is 5.30. The molecule has 0 radical (unpaired) electrons. The van der Waals surface area contributed by atoms with E-state index in [1.807, 2.05) is 0 Å². The molecule has 2 rings (SSSR count). The number of hydrogen-bond donors (Lipinski definition) is 2. The molecule has 0 bridgehead atoms. The van der Waals surface area contributed by atoms with Crippen molar-refractivity contribution in [3.63, 3.8) is 0 Å². The Bertz CT molecular complexity index is 801. The summed E-state index contributed by atoms with van der Waals surface area (Å²) < 4.78 is 27.4. The zero-order chi connectivity index (χ0) is 15.8. The van der Waals surface area contributed by atoms with Gasteiger partial charge in [-0.05, 0) is 50.1 Å². The van der Waals surface area contributed by atoms with Crippen LogP contribution in [0.1, 0.15) is 16.7 Å². The summed E-state index contributed by atoms with van der Waals surface area (Å²) in [5.41, 5.74) is 2.01. The largest absolute Gasteiger partial charge is 0.507 e. The average molecular weight is 326 g/mol. The predicted molar refractivity (Wildman–Crippen MR) is 84.6 cm³/mol. The molecule has 2 aromatic carbocycles. The van der Waals surface area contributed by atoms with Gasteiger partial charge in [0.05, 0.1) is 10.6 Å². The lowest BCUT2D eigenvalue weighted by molar-refractivity contribution is 0.467. The Morgan fingerprint density at radius 2 is 1.71 bits per heavy atom. The first-order valence-electron chi connectivity index (χ1n) is 6.31. The van der Waals surface area contributed by atoms with Crippen molar-refractivity contribution in [1.82, 2.24) is 0 Å². The van der Waals surface area contributed by atoms with Crippen LogP contribution in [0.3, 0.4) is 0 Å². The first-order valence-corrected chi connectivity index (χ1v) is 8.17. The molecule has 0 aliphatic rings. The number of aryl methyl sites for hydroxylation is 1. The van der Waals surface area contributed by atoms with Gasteiger partial charge in [0.2, 0.25) is 0 Å². The van der Waals surface area contributed by atoms with Crippen LogP contribution in [-0.2, 0) is 10.0 Å². The van der Waals surface area contributed by atoms with Crippen molar-refractivity contribution in [2.45, 2.75) is 25.7 Å². The highest BCUT2D eigenvalue weighted by Crippen LogP contribution is 2.31. The molecule has 2 N–H and O–H groups in total. The van der Waals surface area contributed by atoms with E-state index < -0.39 is 10.0 Å². The summed E-state index contributed by atoms with van der Waals surface area (Å²) in [6.45, 7) is 5.06. The summed E-state index contributed by atoms with van der Waals surface area (Å²) in [7, 11) is -3.76. The molecule has 2 aromatic rings. The van der Waals surface area contributed by atoms with Gasteiger partial charge < -0.3 is 5.11 Å². The summed E-state index contributed by atoms with van der Waals surface area (Å²) in [5.74, 6) is 0.0815. The van der Waals surface area contributed by atoms with Gasteiger partial charge in [0.1, 0.15) is 5.75 Å². The topological polar surface area (TPSA) is 66.4 Å². The SMILES string of the molecule is Cc1ccc(NS(=O)(=O)c2cccc(Cl)c2C)c(C)c1O. The highest BCUT2D eigenvalue weighted by atomic mass is 35.5. The van der Waals surface area contributed by atoms with Crippen molar-refractivity contribution in [2.75, 3.05) is 4.72 Å². The van der Waals surface area contributed by atoms with Gasteiger partial charge in [-0.1, -0.05) is 23.7 Å². The van der Waals surface area contributed by atoms with Crippen LogP contribution in [-0.4, -0.2) is 13.5 Å². The fraction of sp³-hybridized carbons (Fsp3) is 0.200. The van der Waals surface area contributed by atoms with Crippen molar-refractivity contribution < 1.29 is 13.5 Å². The summed E-state index contributed by atoms with van der Waals surface area (Å²) in [6, 6.07) is 8.00. The van der Waals surface area contributed by atoms with Crippen molar-refractivity contribution in [1.29, 1.82) is 0 Å². The minimum absolute atomic E-state index is 0.0815. The van der Waals surface area contributed by atoms with Crippen LogP contribution in [0.5, 0.6) is 5.75 Å². The number of hydrogen-bond acceptors (Lipinski definition) is 3. The van der Waals surface area contributed by atoms with Gasteiger partial charge in [-0.15, -0.1) is 0 Å². The molecule has 0 aliphatic heterocycles. The fourth-order valence-electron chi connectivity index (χ4n) is 2.02. The number of phenols is 1. The lowest BCUT2D eigenvalue weighted by Gasteiger charge is -2.14. The van der Waals surface area contributed by atoms with Crippen molar-refractivity contribution in [3.8, 4) is 5.75 Å². The second-order valence-corrected chi connectivity index (χ2v) is 6.93. The Hall–Kier alpha value is -1.72. The summed E-state index contributed by atoms with van der Waals surface area (Å²) in [6.07, 6.45) is 0. The summed E-state index contributed by atoms with van der Waals surface area (Å²) in [5, 5.41) is 10.3. The molecular formula is C15H16ClNO3S. The fourth-order valence-corrected chi connectivity index (χ4v) is 3.65. The van der Waals surface area contributed by atoms with Gasteiger partial charge in [-0.25, -0.2) is 8.42 Å². The van der Waals surface area contributed by atoms with Gasteiger partial charge in [-0.2, -0.15) is 0 Å². The molecule has 0 spiro atoms. The highest BCUT2D eigenvalue weighted by molar-refractivity contribution is 7.92. The number of sulfonamides is 1. The standard InChI is InChI=1S/C15H16ClNO3S/c1-9-7-8-13(11(3)15(9)18)17-21(19,20)14-6-4-5-12(16)10(14)2/h4-8,17-18H,1-3H3. The molecular weight excluding hydrogens is 310 g/mol. The van der Waals surface area contributed by atoms with Crippen LogP contribution in [0.4, 0.5) is 5.69 Å². The maximum Gasteiger partial charge on any atom is 0.262 e. The molecule has 0 amide bonds. The van der Waals surface area contributed by atoms with E-state index in [0.717, 1.165) is 0 Å². The number of aromatic hydroxyl groups is 1. The van der Waals surface area contributed by atoms with E-state index in [2.05, 4.69) is 4.72 Å². The number of phenolic OH excluding ortho intramolecular Hbond substituents is 1. The molecule has 0 saturated carbocycles. The Balaban J connectivity index is 2.48. The van der Waals surface area contributed by atoms with Crippen LogP contribution >= 0.6 is 11.6 Å². The van der Waals surface area contributed by atoms with E-state index >= 15 is 0 Å². The smallest absolute Gasteiger partial charge is 0.262 e. The van der Waals surface area contributed by atoms with Crippen LogP contribution in [0, 0.1) is 20.8 Å². The van der Waals surface area contributed by atoms with Crippen LogP contribution in [0.25, 0.3) is 0 Å². The minimum atomic E-state index is -3.76. The lowest BCUT2D eigenvalue weighted by atomic mass is 10.1. The number of halogens is 1. The molecule has 0 aliphatic carbocycles. The number of benzene rings is 2. The normalized spacial score (nSPS) is 11.4. The third kappa shape index (κ3) is 2.99. The van der Waals surface area contributed by atoms with Crippen LogP contribution in [0.15, 0.2) is 35.2 Å². The minimum Gasteiger partial charge on any atom is -0.507 e. The molecule has 0 heterocycles. The zero-order valence-electron chi connectivity index (χ0n) is 11.9. The van der Waals surface area contributed by atoms with Gasteiger partial charge in [0.15, 0.2) is 0 Å². The predicted octanol–water partition coefficient (Wildman–Crippen LogP) is 3.77. The lowest BCUT2D eigenvalue weighted by Crippen LogP contribution is -2.15. The Kier molecular flexibility index (Phi) is 4.16. The van der Waals surface area contributed by atoms with Gasteiger partial charge in [0, 0.05) is 10.6 Å². The van der Waals surface area contributed by atoms with Gasteiger partial charge in [-0.3, -0.25) is 4.72 Å². The number of nitrogens with one attached hydrogen (secondary N) is 1. The van der Waals surface area contributed by atoms with Crippen LogP contribution < -0.4 is 4.72 Å². The molecule has 0 atom stereocenters. The van der Waals surface area contributed by atoms with E-state index in [-0.39, 0.29) is 10.6 Å². The molecule has 0 aromatic heterocycles. The van der Waals surface area contributed by atoms with E-state index in [9.17, 15) is 13.5 Å². The van der Waals surface area contributed by atoms with Crippen LogP contribution in [0.2, 0.25) is 5.02 Å². The van der Waals surface area contributed by atoms with Crippen molar-refractivity contribution in [2.24, 2.45) is 0 Å². The Labute approximate surface area is 129 Å². The van der Waals surface area contributed by atoms with Crippen molar-refractivity contribution in [3.05, 3.63) is 52.0 Å². The maximum absolute atomic E-state index is 12.5. The second-order valence-electron chi connectivity index (χ2n) is 4.87. The van der Waals surface area contributed by atoms with E-state index in [0.29, 0.717) is 27.4 Å². The zero-order valence-corrected chi connectivity index (χ0v) is 13.5. The van der Waals surface area contributed by atoms with E-state index in [1.165, 1.54) is 6.07 Å². The van der Waals surface area contributed by atoms with Gasteiger partial charge in [0.25, 0.3) is 10.0 Å². The van der Waals surface area contributed by atoms with E-state index in [4.69, 9.17) is 11.6 Å². The second kappa shape index (κ2) is 5.58. The monoisotopic (exact) mass is 325 g/mol. The highest BCUT2D eigenvalue weighted by Gasteiger charge is 2.19. The molecule has 4 nitrogen and oxygen atoms in total. The van der Waals surface area contributed by atoms with E-state index in [1.54, 1.807) is 45.0 Å². The summed E-state index contributed by atoms with van der Waals surface area (Å²) >= 11 is 5.97. The first kappa shape index (κ1) is 15.7. The Morgan fingerprint density at radius 3 is 2.38 bits per heavy atom. The number of anilines is 1. The average Bonchev–Trinajstić information content (AvgIpc) is 2.42. The molecule has 0 saturated heterocycles. The third-order valence-electron chi connectivity index (χ3n) is 3.38. The molecule has 6 heteroatoms. The molecule has 0 unspecified atom stereocenters. The molecule has 112 valence electrons. The van der Waals surface area contributed by atoms with Crippen molar-refractivity contribution >= 4 is 27.3 Å². The summed E-state index contributed by atoms with van der Waals surface area (Å²) in [4.78, 5) is 0.120. The maximum atomic E-state index is 12.5.